The van der Waals surface area contributed by atoms with Crippen LogP contribution in [-0.4, -0.2) is 21.8 Å². The number of para-hydroxylation sites is 1. The van der Waals surface area contributed by atoms with Gasteiger partial charge in [-0.15, -0.1) is 5.10 Å². The number of fused-ring (bicyclic) bond motifs is 1. The van der Waals surface area contributed by atoms with Crippen LogP contribution in [0, 0.1) is 0 Å². The van der Waals surface area contributed by atoms with Crippen molar-refractivity contribution in [2.24, 2.45) is 0 Å². The van der Waals surface area contributed by atoms with Crippen molar-refractivity contribution in [2.45, 2.75) is 12.3 Å². The lowest BCUT2D eigenvalue weighted by molar-refractivity contribution is 0.274. The van der Waals surface area contributed by atoms with Crippen LogP contribution >= 0.6 is 11.6 Å². The average Bonchev–Trinajstić information content (AvgIpc) is 2.75. The van der Waals surface area contributed by atoms with Gasteiger partial charge >= 0.3 is 0 Å². The summed E-state index contributed by atoms with van der Waals surface area (Å²) < 4.78 is 5.59. The third-order valence-electron chi connectivity index (χ3n) is 2.76. The highest BCUT2D eigenvalue weighted by molar-refractivity contribution is 6.28. The van der Waals surface area contributed by atoms with Crippen LogP contribution in [0.4, 0.5) is 0 Å². The van der Waals surface area contributed by atoms with Crippen LogP contribution < -0.4 is 4.74 Å². The molecular formula is C11H10ClN3O. The lowest BCUT2D eigenvalue weighted by Gasteiger charge is -2.23. The van der Waals surface area contributed by atoms with Gasteiger partial charge in [0, 0.05) is 5.56 Å². The number of hydrogen-bond acceptors (Lipinski definition) is 3. The summed E-state index contributed by atoms with van der Waals surface area (Å²) in [7, 11) is 0. The van der Waals surface area contributed by atoms with Gasteiger partial charge in [0.05, 0.1) is 12.5 Å². The largest absolute Gasteiger partial charge is 0.493 e. The van der Waals surface area contributed by atoms with Crippen LogP contribution in [-0.2, 0) is 0 Å². The molecule has 1 unspecified atom stereocenters. The molecular weight excluding hydrogens is 226 g/mol. The molecule has 0 fully saturated rings. The zero-order valence-electron chi connectivity index (χ0n) is 8.48. The van der Waals surface area contributed by atoms with Crippen LogP contribution in [0.2, 0.25) is 5.28 Å². The first kappa shape index (κ1) is 9.66. The van der Waals surface area contributed by atoms with Crippen molar-refractivity contribution in [1.82, 2.24) is 15.2 Å². The zero-order chi connectivity index (χ0) is 11.0. The second-order valence-corrected chi connectivity index (χ2v) is 4.06. The molecule has 1 aliphatic rings. The number of hydrogen-bond donors (Lipinski definition) is 1. The van der Waals surface area contributed by atoms with Gasteiger partial charge in [0.25, 0.3) is 0 Å². The maximum atomic E-state index is 5.72. The number of nitrogens with one attached hydrogen (secondary N) is 1. The van der Waals surface area contributed by atoms with E-state index in [0.717, 1.165) is 23.6 Å². The van der Waals surface area contributed by atoms with E-state index in [1.807, 2.05) is 18.2 Å². The second kappa shape index (κ2) is 3.79. The van der Waals surface area contributed by atoms with Crippen molar-refractivity contribution in [1.29, 1.82) is 0 Å². The van der Waals surface area contributed by atoms with Gasteiger partial charge < -0.3 is 4.74 Å². The van der Waals surface area contributed by atoms with E-state index in [9.17, 15) is 0 Å². The van der Waals surface area contributed by atoms with E-state index >= 15 is 0 Å². The average molecular weight is 236 g/mol. The number of ether oxygens (including phenoxy) is 1. The fourth-order valence-electron chi connectivity index (χ4n) is 2.03. The highest BCUT2D eigenvalue weighted by atomic mass is 35.5. The van der Waals surface area contributed by atoms with Crippen LogP contribution in [0.5, 0.6) is 5.75 Å². The Kier molecular flexibility index (Phi) is 2.29. The number of H-pyrrole nitrogens is 1. The summed E-state index contributed by atoms with van der Waals surface area (Å²) in [5.74, 6) is 1.93. The molecule has 2 aromatic rings. The van der Waals surface area contributed by atoms with Gasteiger partial charge in [0.15, 0.2) is 0 Å². The number of aromatic nitrogens is 3. The van der Waals surface area contributed by atoms with Crippen LogP contribution in [0.1, 0.15) is 23.7 Å². The molecule has 1 N–H and O–H groups in total. The molecule has 0 bridgehead atoms. The Hall–Kier alpha value is -1.55. The smallest absolute Gasteiger partial charge is 0.242 e. The lowest BCUT2D eigenvalue weighted by atomic mass is 9.93. The monoisotopic (exact) mass is 235 g/mol. The standard InChI is InChI=1S/C11H10ClN3O/c12-11-13-10(14-15-11)8-5-6-16-9-4-2-1-3-7(8)9/h1-4,8H,5-6H2,(H,13,14,15). The Balaban J connectivity index is 2.04. The molecule has 2 heterocycles. The molecule has 5 heteroatoms. The molecule has 0 aliphatic carbocycles. The zero-order valence-corrected chi connectivity index (χ0v) is 9.24. The summed E-state index contributed by atoms with van der Waals surface area (Å²) >= 11 is 5.72. The first-order chi connectivity index (χ1) is 7.84. The van der Waals surface area contributed by atoms with E-state index in [-0.39, 0.29) is 11.2 Å². The summed E-state index contributed by atoms with van der Waals surface area (Å²) in [6.45, 7) is 0.694. The van der Waals surface area contributed by atoms with Crippen LogP contribution in [0.15, 0.2) is 24.3 Å². The molecule has 1 atom stereocenters. The molecule has 4 nitrogen and oxygen atoms in total. The van der Waals surface area contributed by atoms with E-state index in [1.165, 1.54) is 0 Å². The molecule has 0 saturated heterocycles. The molecule has 1 aromatic carbocycles. The van der Waals surface area contributed by atoms with Gasteiger partial charge in [-0.3, -0.25) is 5.10 Å². The fraction of sp³-hybridized carbons (Fsp3) is 0.273. The third-order valence-corrected chi connectivity index (χ3v) is 2.93. The molecule has 82 valence electrons. The lowest BCUT2D eigenvalue weighted by Crippen LogP contribution is -2.16. The highest BCUT2D eigenvalue weighted by Crippen LogP contribution is 2.36. The summed E-state index contributed by atoms with van der Waals surface area (Å²) in [6.07, 6.45) is 0.891. The van der Waals surface area contributed by atoms with E-state index < -0.39 is 0 Å². The van der Waals surface area contributed by atoms with Gasteiger partial charge in [0.1, 0.15) is 11.6 Å². The first-order valence-corrected chi connectivity index (χ1v) is 5.52. The van der Waals surface area contributed by atoms with Gasteiger partial charge in [-0.25, -0.2) is 4.98 Å². The van der Waals surface area contributed by atoms with Gasteiger partial charge in [-0.1, -0.05) is 18.2 Å². The molecule has 1 aliphatic heterocycles. The minimum absolute atomic E-state index is 0.199. The van der Waals surface area contributed by atoms with E-state index in [0.29, 0.717) is 6.61 Å². The maximum Gasteiger partial charge on any atom is 0.242 e. The summed E-state index contributed by atoms with van der Waals surface area (Å²) in [5.41, 5.74) is 1.14. The molecule has 1 aromatic heterocycles. The topological polar surface area (TPSA) is 50.8 Å². The van der Waals surface area contributed by atoms with E-state index in [1.54, 1.807) is 0 Å². The second-order valence-electron chi connectivity index (χ2n) is 3.72. The third kappa shape index (κ3) is 1.55. The predicted octanol–water partition coefficient (Wildman–Crippen LogP) is 2.37. The maximum absolute atomic E-state index is 5.72. The predicted molar refractivity (Wildman–Crippen MR) is 59.8 cm³/mol. The first-order valence-electron chi connectivity index (χ1n) is 5.14. The van der Waals surface area contributed by atoms with Gasteiger partial charge in [-0.2, -0.15) is 0 Å². The molecule has 0 amide bonds. The Labute approximate surface area is 97.6 Å². The molecule has 0 saturated carbocycles. The van der Waals surface area contributed by atoms with Gasteiger partial charge in [-0.05, 0) is 24.1 Å². The summed E-state index contributed by atoms with van der Waals surface area (Å²) in [6, 6.07) is 7.99. The molecule has 3 rings (SSSR count). The van der Waals surface area contributed by atoms with Crippen molar-refractivity contribution < 1.29 is 4.74 Å². The van der Waals surface area contributed by atoms with Crippen LogP contribution in [0.3, 0.4) is 0 Å². The highest BCUT2D eigenvalue weighted by Gasteiger charge is 2.25. The fourth-order valence-corrected chi connectivity index (χ4v) is 2.17. The van der Waals surface area contributed by atoms with Crippen LogP contribution in [0.25, 0.3) is 0 Å². The number of aromatic amines is 1. The molecule has 0 spiro atoms. The van der Waals surface area contributed by atoms with Gasteiger partial charge in [0.2, 0.25) is 5.28 Å². The SMILES string of the molecule is Clc1n[nH]c(C2CCOc3ccccc32)n1. The quantitative estimate of drug-likeness (QED) is 0.826. The minimum atomic E-state index is 0.199. The van der Waals surface area contributed by atoms with Crippen molar-refractivity contribution in [3.05, 3.63) is 40.9 Å². The van der Waals surface area contributed by atoms with E-state index in [2.05, 4.69) is 21.2 Å². The minimum Gasteiger partial charge on any atom is -0.493 e. The molecule has 0 radical (unpaired) electrons. The van der Waals surface area contributed by atoms with Crippen molar-refractivity contribution in [3.63, 3.8) is 0 Å². The number of halogens is 1. The van der Waals surface area contributed by atoms with Crippen molar-refractivity contribution in [2.75, 3.05) is 6.61 Å². The van der Waals surface area contributed by atoms with E-state index in [4.69, 9.17) is 16.3 Å². The summed E-state index contributed by atoms with van der Waals surface area (Å²) in [4.78, 5) is 4.18. The van der Waals surface area contributed by atoms with Crippen molar-refractivity contribution >= 4 is 11.6 Å². The van der Waals surface area contributed by atoms with Crippen molar-refractivity contribution in [3.8, 4) is 5.75 Å². The normalized spacial score (nSPS) is 18.9. The number of benzene rings is 1. The number of rotatable bonds is 1. The Morgan fingerprint density at radius 3 is 3.06 bits per heavy atom. The Morgan fingerprint density at radius 2 is 2.25 bits per heavy atom. The Bertz CT molecular complexity index is 511. The Morgan fingerprint density at radius 1 is 1.38 bits per heavy atom. The number of nitrogens with zero attached hydrogens (tertiary/aromatic N) is 2. The summed E-state index contributed by atoms with van der Waals surface area (Å²) in [5, 5.41) is 6.98. The molecule has 16 heavy (non-hydrogen) atoms.